The van der Waals surface area contributed by atoms with Crippen LogP contribution in [0.3, 0.4) is 0 Å². The van der Waals surface area contributed by atoms with Crippen molar-refractivity contribution < 1.29 is 9.90 Å². The van der Waals surface area contributed by atoms with E-state index in [1.54, 1.807) is 0 Å². The fraction of sp³-hybridized carbons (Fsp3) is 0.667. The van der Waals surface area contributed by atoms with Crippen LogP contribution in [0.2, 0.25) is 0 Å². The summed E-state index contributed by atoms with van der Waals surface area (Å²) in [5.41, 5.74) is -0.847. The van der Waals surface area contributed by atoms with Gasteiger partial charge in [-0.05, 0) is 0 Å². The van der Waals surface area contributed by atoms with Crippen LogP contribution in [0.1, 0.15) is 6.42 Å². The van der Waals surface area contributed by atoms with Gasteiger partial charge in [-0.2, -0.15) is 0 Å². The first-order valence-corrected chi connectivity index (χ1v) is 5.52. The van der Waals surface area contributed by atoms with Crippen molar-refractivity contribution in [2.45, 2.75) is 6.42 Å². The van der Waals surface area contributed by atoms with Crippen molar-refractivity contribution in [1.82, 2.24) is 0 Å². The molecule has 0 saturated heterocycles. The Hall–Kier alpha value is 0.210. The standard InChI is InChI=1S/C3H5O2PS2/c4-3(5)1-2-6(7)8/h1-2H2,(H,4,5). The lowest BCUT2D eigenvalue weighted by atomic mass is 10.5. The molecule has 0 rings (SSSR count). The van der Waals surface area contributed by atoms with E-state index in [1.165, 1.54) is 0 Å². The normalized spacial score (nSPS) is 8.50. The van der Waals surface area contributed by atoms with Crippen molar-refractivity contribution in [1.29, 1.82) is 0 Å². The molecular weight excluding hydrogens is 163 g/mol. The largest absolute Gasteiger partial charge is 0.481 e. The Bertz CT molecular complexity index is 143. The molecule has 0 bridgehead atoms. The predicted octanol–water partition coefficient (Wildman–Crippen LogP) is 0.867. The minimum Gasteiger partial charge on any atom is -0.481 e. The second kappa shape index (κ2) is 4.13. The van der Waals surface area contributed by atoms with E-state index in [0.717, 1.165) is 0 Å². The fourth-order valence-corrected chi connectivity index (χ4v) is 1.11. The third-order valence-corrected chi connectivity index (χ3v) is 2.19. The molecule has 0 aromatic carbocycles. The number of rotatable bonds is 3. The van der Waals surface area contributed by atoms with Crippen LogP contribution in [0.15, 0.2) is 0 Å². The molecule has 0 heterocycles. The Labute approximate surface area is 58.0 Å². The lowest BCUT2D eigenvalue weighted by Gasteiger charge is -1.83. The zero-order chi connectivity index (χ0) is 6.57. The first kappa shape index (κ1) is 8.21. The fourth-order valence-electron chi connectivity index (χ4n) is 0.187. The van der Waals surface area contributed by atoms with Crippen molar-refractivity contribution in [3.8, 4) is 0 Å². The Morgan fingerprint density at radius 1 is 1.62 bits per heavy atom. The van der Waals surface area contributed by atoms with Gasteiger partial charge in [0, 0.05) is 11.6 Å². The molecule has 0 aromatic heterocycles. The van der Waals surface area contributed by atoms with Crippen molar-refractivity contribution in [3.63, 3.8) is 0 Å². The number of aliphatic carboxylic acids is 1. The molecule has 0 saturated carbocycles. The second-order valence-corrected chi connectivity index (χ2v) is 5.65. The molecule has 0 aliphatic rings. The Morgan fingerprint density at radius 2 is 2.12 bits per heavy atom. The highest BCUT2D eigenvalue weighted by Crippen LogP contribution is 2.04. The monoisotopic (exact) mass is 168 g/mol. The van der Waals surface area contributed by atoms with Gasteiger partial charge in [0.2, 0.25) is 0 Å². The minimum absolute atomic E-state index is 0.124. The summed E-state index contributed by atoms with van der Waals surface area (Å²) in [5.74, 6) is -0.813. The van der Waals surface area contributed by atoms with Crippen LogP contribution in [0.5, 0.6) is 0 Å². The summed E-state index contributed by atoms with van der Waals surface area (Å²) in [5, 5.41) is 8.08. The van der Waals surface area contributed by atoms with Crippen molar-refractivity contribution in [3.05, 3.63) is 0 Å². The van der Waals surface area contributed by atoms with E-state index in [9.17, 15) is 4.79 Å². The van der Waals surface area contributed by atoms with Gasteiger partial charge in [0.25, 0.3) is 0 Å². The highest BCUT2D eigenvalue weighted by molar-refractivity contribution is 8.25. The molecule has 5 heteroatoms. The summed E-state index contributed by atoms with van der Waals surface area (Å²) in [6, 6.07) is 0. The molecule has 0 aliphatic carbocycles. The van der Waals surface area contributed by atoms with Crippen molar-refractivity contribution in [2.24, 2.45) is 0 Å². The van der Waals surface area contributed by atoms with Crippen LogP contribution in [-0.4, -0.2) is 17.2 Å². The van der Waals surface area contributed by atoms with Gasteiger partial charge < -0.3 is 5.11 Å². The molecule has 2 nitrogen and oxygen atoms in total. The minimum atomic E-state index is -0.847. The van der Waals surface area contributed by atoms with Gasteiger partial charge in [0.15, 0.2) is 0 Å². The Kier molecular flexibility index (Phi) is 4.23. The summed E-state index contributed by atoms with van der Waals surface area (Å²) in [7, 11) is 0. The highest BCUT2D eigenvalue weighted by atomic mass is 32.7. The van der Waals surface area contributed by atoms with E-state index in [1.807, 2.05) is 0 Å². The SMILES string of the molecule is O=C(O)CCP(=S)=S. The van der Waals surface area contributed by atoms with E-state index in [-0.39, 0.29) is 6.42 Å². The quantitative estimate of drug-likeness (QED) is 0.634. The van der Waals surface area contributed by atoms with Gasteiger partial charge in [-0.1, -0.05) is 23.6 Å². The van der Waals surface area contributed by atoms with Gasteiger partial charge >= 0.3 is 5.97 Å². The molecule has 0 atom stereocenters. The zero-order valence-corrected chi connectivity index (χ0v) is 6.56. The van der Waals surface area contributed by atoms with Crippen molar-refractivity contribution in [2.75, 3.05) is 6.16 Å². The number of carboxylic acid groups (broad SMARTS) is 1. The molecular formula is C3H5O2PS2. The average Bonchev–Trinajstić information content (AvgIpc) is 1.61. The van der Waals surface area contributed by atoms with Crippen LogP contribution in [0.25, 0.3) is 0 Å². The van der Waals surface area contributed by atoms with Crippen LogP contribution >= 0.6 is 5.47 Å². The lowest BCUT2D eigenvalue weighted by Crippen LogP contribution is -1.93. The van der Waals surface area contributed by atoms with Gasteiger partial charge in [-0.3, -0.25) is 4.79 Å². The molecule has 0 aromatic rings. The Balaban J connectivity index is 3.32. The van der Waals surface area contributed by atoms with E-state index in [0.29, 0.717) is 6.16 Å². The summed E-state index contributed by atoms with van der Waals surface area (Å²) in [6.07, 6.45) is 0.605. The third-order valence-electron chi connectivity index (χ3n) is 0.508. The maximum absolute atomic E-state index is 9.82. The molecule has 0 unspecified atom stereocenters. The maximum Gasteiger partial charge on any atom is 0.304 e. The van der Waals surface area contributed by atoms with Gasteiger partial charge in [0.05, 0.1) is 6.42 Å². The molecule has 0 aliphatic heterocycles. The number of hydrogen-bond acceptors (Lipinski definition) is 3. The molecule has 46 valence electrons. The molecule has 8 heavy (non-hydrogen) atoms. The van der Waals surface area contributed by atoms with E-state index in [4.69, 9.17) is 5.11 Å². The molecule has 0 spiro atoms. The van der Waals surface area contributed by atoms with Gasteiger partial charge in [0.1, 0.15) is 0 Å². The number of hydrogen-bond donors (Lipinski definition) is 1. The number of carboxylic acids is 1. The van der Waals surface area contributed by atoms with Crippen molar-refractivity contribution >= 4 is 35.1 Å². The summed E-state index contributed by atoms with van der Waals surface area (Å²) in [4.78, 5) is 9.82. The van der Waals surface area contributed by atoms with Gasteiger partial charge in [-0.25, -0.2) is 0 Å². The van der Waals surface area contributed by atoms with Gasteiger partial charge in [-0.15, -0.1) is 0 Å². The molecule has 0 radical (unpaired) electrons. The summed E-state index contributed by atoms with van der Waals surface area (Å²) < 4.78 is 0. The smallest absolute Gasteiger partial charge is 0.304 e. The second-order valence-electron chi connectivity index (χ2n) is 1.20. The molecule has 1 N–H and O–H groups in total. The average molecular weight is 168 g/mol. The predicted molar refractivity (Wildman–Crippen MR) is 38.8 cm³/mol. The summed E-state index contributed by atoms with van der Waals surface area (Å²) >= 11 is 9.23. The lowest BCUT2D eigenvalue weighted by molar-refractivity contribution is -0.136. The van der Waals surface area contributed by atoms with E-state index in [2.05, 4.69) is 23.6 Å². The van der Waals surface area contributed by atoms with Crippen LogP contribution < -0.4 is 0 Å². The first-order valence-electron chi connectivity index (χ1n) is 1.96. The number of carbonyl (C=O) groups is 1. The molecule has 0 amide bonds. The molecule has 0 fully saturated rings. The zero-order valence-electron chi connectivity index (χ0n) is 4.03. The van der Waals surface area contributed by atoms with Crippen LogP contribution in [0.4, 0.5) is 0 Å². The van der Waals surface area contributed by atoms with Crippen LogP contribution in [0, 0.1) is 0 Å². The topological polar surface area (TPSA) is 37.3 Å². The van der Waals surface area contributed by atoms with Crippen LogP contribution in [-0.2, 0) is 28.4 Å². The van der Waals surface area contributed by atoms with E-state index < -0.39 is 11.4 Å². The van der Waals surface area contributed by atoms with E-state index >= 15 is 0 Å². The third kappa shape index (κ3) is 6.21. The first-order chi connectivity index (χ1) is 3.63. The Morgan fingerprint density at radius 3 is 2.25 bits per heavy atom. The highest BCUT2D eigenvalue weighted by Gasteiger charge is 1.92. The maximum atomic E-state index is 9.82. The summed E-state index contributed by atoms with van der Waals surface area (Å²) in [6.45, 7) is 0.